The third-order valence-corrected chi connectivity index (χ3v) is 4.61. The number of hydrogen-bond acceptors (Lipinski definition) is 6. The highest BCUT2D eigenvalue weighted by molar-refractivity contribution is 5.98. The Morgan fingerprint density at radius 2 is 2.07 bits per heavy atom. The van der Waals surface area contributed by atoms with Crippen LogP contribution < -0.4 is 15.4 Å². The fourth-order valence-electron chi connectivity index (χ4n) is 3.06. The van der Waals surface area contributed by atoms with E-state index in [1.54, 1.807) is 22.9 Å². The molecule has 1 aromatic carbocycles. The lowest BCUT2D eigenvalue weighted by Gasteiger charge is -2.08. The Labute approximate surface area is 173 Å². The van der Waals surface area contributed by atoms with Crippen LogP contribution in [0.1, 0.15) is 31.2 Å². The number of ether oxygens (including phenoxy) is 1. The van der Waals surface area contributed by atoms with E-state index in [1.807, 2.05) is 31.3 Å². The molecule has 3 N–H and O–H groups in total. The van der Waals surface area contributed by atoms with E-state index in [0.717, 1.165) is 22.3 Å². The van der Waals surface area contributed by atoms with E-state index in [9.17, 15) is 4.79 Å². The van der Waals surface area contributed by atoms with Crippen LogP contribution in [-0.4, -0.2) is 37.8 Å². The van der Waals surface area contributed by atoms with Gasteiger partial charge in [0.1, 0.15) is 12.1 Å². The minimum absolute atomic E-state index is 0.284. The zero-order chi connectivity index (χ0) is 21.1. The van der Waals surface area contributed by atoms with Gasteiger partial charge in [0.15, 0.2) is 5.82 Å². The number of nitrogens with zero attached hydrogens (tertiary/aromatic N) is 4. The number of aromatic nitrogens is 5. The molecular weight excluding hydrogens is 382 g/mol. The van der Waals surface area contributed by atoms with Crippen LogP contribution in [0.15, 0.2) is 48.9 Å². The maximum Gasteiger partial charge on any atom is 0.331 e. The average Bonchev–Trinajstić information content (AvgIpc) is 3.35. The standard InChI is InChI=1S/C21H23N7O2/c1-13(2)17-10-19(27-26-17)25-21(29)28-7-6-14-8-16(4-5-18(14)28)30-20-9-15(11-22-3)23-12-24-20/h4-10,12-13,22H,11H2,1-3H3,(H2,25,26,27,29). The predicted molar refractivity (Wildman–Crippen MR) is 114 cm³/mol. The van der Waals surface area contributed by atoms with Gasteiger partial charge in [0.2, 0.25) is 5.88 Å². The number of amides is 1. The van der Waals surface area contributed by atoms with Gasteiger partial charge in [0, 0.05) is 36.0 Å². The van der Waals surface area contributed by atoms with Gasteiger partial charge in [-0.1, -0.05) is 13.8 Å². The summed E-state index contributed by atoms with van der Waals surface area (Å²) < 4.78 is 7.40. The molecule has 4 aromatic rings. The topological polar surface area (TPSA) is 110 Å². The summed E-state index contributed by atoms with van der Waals surface area (Å²) in [5.74, 6) is 1.89. The van der Waals surface area contributed by atoms with Crippen LogP contribution >= 0.6 is 0 Å². The number of hydrogen-bond donors (Lipinski definition) is 3. The maximum atomic E-state index is 12.7. The van der Waals surface area contributed by atoms with Gasteiger partial charge in [0.25, 0.3) is 0 Å². The fraction of sp³-hybridized carbons (Fsp3) is 0.238. The number of aromatic amines is 1. The van der Waals surface area contributed by atoms with Crippen molar-refractivity contribution >= 4 is 22.8 Å². The molecule has 154 valence electrons. The molecule has 30 heavy (non-hydrogen) atoms. The SMILES string of the molecule is CNCc1cc(Oc2ccc3c(ccn3C(=O)Nc3cc(C(C)C)[nH]n3)c2)ncn1. The molecule has 0 fully saturated rings. The second kappa shape index (κ2) is 8.34. The van der Waals surface area contributed by atoms with E-state index in [0.29, 0.717) is 29.9 Å². The van der Waals surface area contributed by atoms with Crippen molar-refractivity contribution in [3.63, 3.8) is 0 Å². The Kier molecular flexibility index (Phi) is 5.44. The number of carbonyl (C=O) groups excluding carboxylic acids is 1. The van der Waals surface area contributed by atoms with Gasteiger partial charge in [0.05, 0.1) is 11.2 Å². The number of rotatable bonds is 6. The molecule has 1 amide bonds. The minimum atomic E-state index is -0.284. The molecule has 0 radical (unpaired) electrons. The van der Waals surface area contributed by atoms with E-state index >= 15 is 0 Å². The van der Waals surface area contributed by atoms with Gasteiger partial charge in [-0.25, -0.2) is 14.8 Å². The normalized spacial score (nSPS) is 11.2. The lowest BCUT2D eigenvalue weighted by atomic mass is 10.1. The highest BCUT2D eigenvalue weighted by Gasteiger charge is 2.13. The van der Waals surface area contributed by atoms with E-state index in [2.05, 4.69) is 44.6 Å². The van der Waals surface area contributed by atoms with Crippen molar-refractivity contribution in [1.82, 2.24) is 30.0 Å². The molecule has 4 rings (SSSR count). The average molecular weight is 405 g/mol. The molecule has 0 aliphatic carbocycles. The molecule has 0 spiro atoms. The van der Waals surface area contributed by atoms with Crippen LogP contribution in [0.3, 0.4) is 0 Å². The van der Waals surface area contributed by atoms with Crippen LogP contribution in [0.4, 0.5) is 10.6 Å². The summed E-state index contributed by atoms with van der Waals surface area (Å²) in [6.07, 6.45) is 3.19. The molecule has 9 nitrogen and oxygen atoms in total. The van der Waals surface area contributed by atoms with Crippen LogP contribution in [-0.2, 0) is 6.54 Å². The Bertz CT molecular complexity index is 1180. The van der Waals surface area contributed by atoms with E-state index in [4.69, 9.17) is 4.74 Å². The molecule has 0 unspecified atom stereocenters. The van der Waals surface area contributed by atoms with Crippen molar-refractivity contribution in [1.29, 1.82) is 0 Å². The molecule has 0 atom stereocenters. The van der Waals surface area contributed by atoms with Crippen LogP contribution in [0.5, 0.6) is 11.6 Å². The Morgan fingerprint density at radius 3 is 2.83 bits per heavy atom. The number of fused-ring (bicyclic) bond motifs is 1. The summed E-state index contributed by atoms with van der Waals surface area (Å²) >= 11 is 0. The Balaban J connectivity index is 1.51. The first-order chi connectivity index (χ1) is 14.5. The Hall–Kier alpha value is -3.72. The summed E-state index contributed by atoms with van der Waals surface area (Å²) in [6.45, 7) is 4.74. The largest absolute Gasteiger partial charge is 0.439 e. The molecule has 0 saturated heterocycles. The summed E-state index contributed by atoms with van der Waals surface area (Å²) in [5.41, 5.74) is 2.57. The van der Waals surface area contributed by atoms with E-state index in [-0.39, 0.29) is 6.03 Å². The molecule has 0 aliphatic heterocycles. The van der Waals surface area contributed by atoms with Crippen LogP contribution in [0.2, 0.25) is 0 Å². The van der Waals surface area contributed by atoms with Crippen molar-refractivity contribution in [2.24, 2.45) is 0 Å². The van der Waals surface area contributed by atoms with Gasteiger partial charge < -0.3 is 10.1 Å². The first-order valence-electron chi connectivity index (χ1n) is 9.64. The molecule has 0 aliphatic rings. The summed E-state index contributed by atoms with van der Waals surface area (Å²) in [5, 5.41) is 13.8. The third kappa shape index (κ3) is 4.15. The highest BCUT2D eigenvalue weighted by atomic mass is 16.5. The smallest absolute Gasteiger partial charge is 0.331 e. The molecule has 9 heteroatoms. The van der Waals surface area contributed by atoms with Crippen LogP contribution in [0, 0.1) is 0 Å². The summed E-state index contributed by atoms with van der Waals surface area (Å²) in [4.78, 5) is 21.0. The van der Waals surface area contributed by atoms with Crippen molar-refractivity contribution < 1.29 is 9.53 Å². The molecule has 0 bridgehead atoms. The van der Waals surface area contributed by atoms with Gasteiger partial charge in [-0.15, -0.1) is 0 Å². The van der Waals surface area contributed by atoms with Crippen molar-refractivity contribution in [3.8, 4) is 11.6 Å². The lowest BCUT2D eigenvalue weighted by molar-refractivity contribution is 0.254. The second-order valence-electron chi connectivity index (χ2n) is 7.18. The number of benzene rings is 1. The van der Waals surface area contributed by atoms with Gasteiger partial charge >= 0.3 is 6.03 Å². The number of H-pyrrole nitrogens is 1. The van der Waals surface area contributed by atoms with E-state index in [1.165, 1.54) is 6.33 Å². The quantitative estimate of drug-likeness (QED) is 0.449. The zero-order valence-corrected chi connectivity index (χ0v) is 17.0. The van der Waals surface area contributed by atoms with Gasteiger partial charge in [-0.3, -0.25) is 15.0 Å². The van der Waals surface area contributed by atoms with Crippen molar-refractivity contribution in [2.45, 2.75) is 26.3 Å². The fourth-order valence-corrected chi connectivity index (χ4v) is 3.06. The van der Waals surface area contributed by atoms with Gasteiger partial charge in [-0.2, -0.15) is 5.10 Å². The van der Waals surface area contributed by atoms with Gasteiger partial charge in [-0.05, 0) is 37.2 Å². The van der Waals surface area contributed by atoms with E-state index < -0.39 is 0 Å². The molecule has 0 saturated carbocycles. The first-order valence-corrected chi connectivity index (χ1v) is 9.64. The van der Waals surface area contributed by atoms with Crippen molar-refractivity contribution in [2.75, 3.05) is 12.4 Å². The van der Waals surface area contributed by atoms with Crippen molar-refractivity contribution in [3.05, 3.63) is 60.3 Å². The Morgan fingerprint density at radius 1 is 1.20 bits per heavy atom. The predicted octanol–water partition coefficient (Wildman–Crippen LogP) is 3.87. The third-order valence-electron chi connectivity index (χ3n) is 4.61. The summed E-state index contributed by atoms with van der Waals surface area (Å²) in [7, 11) is 1.85. The van der Waals surface area contributed by atoms with Crippen LogP contribution in [0.25, 0.3) is 10.9 Å². The summed E-state index contributed by atoms with van der Waals surface area (Å²) in [6, 6.07) is 10.7. The number of nitrogens with one attached hydrogen (secondary N) is 3. The molecule has 3 aromatic heterocycles. The molecule has 3 heterocycles. The maximum absolute atomic E-state index is 12.7. The number of carbonyl (C=O) groups is 1. The molecular formula is C21H23N7O2. The lowest BCUT2D eigenvalue weighted by Crippen LogP contribution is -2.18. The highest BCUT2D eigenvalue weighted by Crippen LogP contribution is 2.26. The monoisotopic (exact) mass is 405 g/mol. The zero-order valence-electron chi connectivity index (χ0n) is 17.0. The minimum Gasteiger partial charge on any atom is -0.439 e. The first kappa shape index (κ1) is 19.6. The second-order valence-corrected chi connectivity index (χ2v) is 7.18. The number of anilines is 1.